The fourth-order valence-corrected chi connectivity index (χ4v) is 2.62. The molecule has 0 amide bonds. The minimum absolute atomic E-state index is 0. The van der Waals surface area contributed by atoms with Gasteiger partial charge in [0.05, 0.1) is 0 Å². The Morgan fingerprint density at radius 2 is 1.50 bits per heavy atom. The fraction of sp³-hybridized carbons (Fsp3) is 0. The average Bonchev–Trinajstić information content (AvgIpc) is 3.33. The number of rotatable bonds is 1. The van der Waals surface area contributed by atoms with Gasteiger partial charge >= 0.3 is 26.2 Å². The Hall–Kier alpha value is -1.81. The predicted molar refractivity (Wildman–Crippen MR) is 91.8 cm³/mol. The molecule has 0 saturated carbocycles. The summed E-state index contributed by atoms with van der Waals surface area (Å²) in [5.41, 5.74) is 0.996. The van der Waals surface area contributed by atoms with Gasteiger partial charge in [0.2, 0.25) is 0 Å². The van der Waals surface area contributed by atoms with Gasteiger partial charge in [-0.15, -0.1) is 75.9 Å². The van der Waals surface area contributed by atoms with E-state index in [0.29, 0.717) is 0 Å². The van der Waals surface area contributed by atoms with Crippen molar-refractivity contribution in [3.63, 3.8) is 0 Å². The van der Waals surface area contributed by atoms with Crippen LogP contribution in [0.5, 0.6) is 0 Å². The molecular weight excluding hydrogens is 446 g/mol. The summed E-state index contributed by atoms with van der Waals surface area (Å²) in [5.74, 6) is 0. The van der Waals surface area contributed by atoms with Crippen molar-refractivity contribution in [2.45, 2.75) is 0 Å². The zero-order chi connectivity index (χ0) is 15.5. The van der Waals surface area contributed by atoms with Crippen molar-refractivity contribution in [1.82, 2.24) is 20.2 Å². The molecule has 0 unspecified atom stereocenters. The minimum atomic E-state index is 0. The Morgan fingerprint density at radius 1 is 0.808 bits per heavy atom. The van der Waals surface area contributed by atoms with Crippen molar-refractivity contribution >= 4 is 21.5 Å². The summed E-state index contributed by atoms with van der Waals surface area (Å²) in [4.78, 5) is 0. The molecule has 1 heterocycles. The molecule has 0 saturated heterocycles. The second kappa shape index (κ2) is 10.4. The van der Waals surface area contributed by atoms with Gasteiger partial charge in [-0.2, -0.15) is 17.5 Å². The molecule has 5 rings (SSSR count). The molecular formula is C19H14Cl2N4Zr. The van der Waals surface area contributed by atoms with Gasteiger partial charge < -0.3 is 24.8 Å². The molecule has 0 bridgehead atoms. The normalized spacial score (nSPS) is 9.38. The summed E-state index contributed by atoms with van der Waals surface area (Å²) in [7, 11) is 0. The van der Waals surface area contributed by atoms with Crippen LogP contribution < -0.4 is 24.8 Å². The van der Waals surface area contributed by atoms with Crippen LogP contribution in [0.4, 0.5) is 0 Å². The maximum absolute atomic E-state index is 3.84. The van der Waals surface area contributed by atoms with Gasteiger partial charge in [0, 0.05) is 0 Å². The van der Waals surface area contributed by atoms with E-state index in [9.17, 15) is 0 Å². The quantitative estimate of drug-likeness (QED) is 0.275. The van der Waals surface area contributed by atoms with Crippen LogP contribution in [0.25, 0.3) is 27.2 Å². The number of aromatic nitrogens is 4. The number of hydrogen-bond donors (Lipinski definition) is 0. The molecule has 0 atom stereocenters. The van der Waals surface area contributed by atoms with Crippen LogP contribution in [0.3, 0.4) is 0 Å². The minimum Gasteiger partial charge on any atom is -1.00 e. The maximum atomic E-state index is 3.84. The third-order valence-electron chi connectivity index (χ3n) is 3.76. The van der Waals surface area contributed by atoms with Crippen LogP contribution in [-0.2, 0) is 26.2 Å². The number of tetrazole rings is 1. The van der Waals surface area contributed by atoms with Crippen LogP contribution in [0.1, 0.15) is 0 Å². The smallest absolute Gasteiger partial charge is 1.00 e. The van der Waals surface area contributed by atoms with Gasteiger partial charge in [-0.1, -0.05) is 12.1 Å². The monoisotopic (exact) mass is 458 g/mol. The standard InChI is InChI=1S/C10H7N4.C9H7.2ClH.Zr/c1-2-4-9-6-10(5-8(9)3-1)14-7-11-12-13-14;1-2-5-9-7-3-6-8(9)4-1;;;/h1-7H;1-7H;2*1H;/q2*-1;;;+4/p-2. The van der Waals surface area contributed by atoms with Gasteiger partial charge in [0.25, 0.3) is 0 Å². The number of fused-ring (bicyclic) bond motifs is 2. The Balaban J connectivity index is 0.000000250. The third-order valence-corrected chi connectivity index (χ3v) is 3.76. The first-order valence-corrected chi connectivity index (χ1v) is 7.39. The molecule has 0 N–H and O–H groups in total. The molecule has 0 spiro atoms. The second-order valence-corrected chi connectivity index (χ2v) is 5.25. The Morgan fingerprint density at radius 3 is 2.15 bits per heavy atom. The van der Waals surface area contributed by atoms with Crippen LogP contribution >= 0.6 is 0 Å². The second-order valence-electron chi connectivity index (χ2n) is 5.25. The van der Waals surface area contributed by atoms with Gasteiger partial charge in [0.1, 0.15) is 6.33 Å². The largest absolute Gasteiger partial charge is 4.00 e. The SMILES string of the molecule is [Cl-].[Cl-].[Zr+4].c1ccc2[cH-]c(-n3cnnn3)cc2c1.c1ccc2[cH-]ccc2c1. The summed E-state index contributed by atoms with van der Waals surface area (Å²) >= 11 is 0. The van der Waals surface area contributed by atoms with Gasteiger partial charge in [-0.25, -0.2) is 4.68 Å². The van der Waals surface area contributed by atoms with Crippen molar-refractivity contribution in [3.05, 3.63) is 85.2 Å². The topological polar surface area (TPSA) is 43.6 Å². The number of halogens is 2. The molecule has 0 aliphatic carbocycles. The summed E-state index contributed by atoms with van der Waals surface area (Å²) in [6, 6.07) is 27.0. The van der Waals surface area contributed by atoms with E-state index in [-0.39, 0.29) is 51.0 Å². The summed E-state index contributed by atoms with van der Waals surface area (Å²) in [6.07, 6.45) is 1.59. The zero-order valence-electron chi connectivity index (χ0n) is 13.6. The van der Waals surface area contributed by atoms with E-state index in [4.69, 9.17) is 0 Å². The Bertz CT molecular complexity index is 975. The van der Waals surface area contributed by atoms with E-state index in [1.165, 1.54) is 21.5 Å². The van der Waals surface area contributed by atoms with E-state index in [0.717, 1.165) is 5.69 Å². The first kappa shape index (κ1) is 22.2. The molecule has 0 aliphatic rings. The van der Waals surface area contributed by atoms with Crippen LogP contribution in [-0.4, -0.2) is 20.2 Å². The van der Waals surface area contributed by atoms with E-state index in [2.05, 4.69) is 82.3 Å². The molecule has 26 heavy (non-hydrogen) atoms. The Labute approximate surface area is 182 Å². The molecule has 7 heteroatoms. The van der Waals surface area contributed by atoms with Gasteiger partial charge in [-0.3, -0.25) is 0 Å². The zero-order valence-corrected chi connectivity index (χ0v) is 17.6. The summed E-state index contributed by atoms with van der Waals surface area (Å²) in [5, 5.41) is 16.1. The van der Waals surface area contributed by atoms with Gasteiger partial charge in [0.15, 0.2) is 0 Å². The third kappa shape index (κ3) is 4.88. The first-order valence-electron chi connectivity index (χ1n) is 7.39. The van der Waals surface area contributed by atoms with Crippen molar-refractivity contribution < 1.29 is 51.0 Å². The first-order chi connectivity index (χ1) is 11.4. The molecule has 0 radical (unpaired) electrons. The molecule has 1 aromatic heterocycles. The fourth-order valence-electron chi connectivity index (χ4n) is 2.62. The number of benzene rings is 2. The van der Waals surface area contributed by atoms with Crippen molar-refractivity contribution in [1.29, 1.82) is 0 Å². The van der Waals surface area contributed by atoms with Crippen LogP contribution in [0, 0.1) is 0 Å². The predicted octanol–water partition coefficient (Wildman–Crippen LogP) is -1.90. The maximum Gasteiger partial charge on any atom is 4.00 e. The van der Waals surface area contributed by atoms with Crippen LogP contribution in [0.15, 0.2) is 85.2 Å². The van der Waals surface area contributed by atoms with Crippen molar-refractivity contribution in [2.75, 3.05) is 0 Å². The average molecular weight is 460 g/mol. The Kier molecular flexibility index (Phi) is 8.87. The van der Waals surface area contributed by atoms with Crippen molar-refractivity contribution in [3.8, 4) is 5.69 Å². The van der Waals surface area contributed by atoms with E-state index < -0.39 is 0 Å². The van der Waals surface area contributed by atoms with Crippen molar-refractivity contribution in [2.24, 2.45) is 0 Å². The summed E-state index contributed by atoms with van der Waals surface area (Å²) in [6.45, 7) is 0. The van der Waals surface area contributed by atoms with E-state index >= 15 is 0 Å². The number of hydrogen-bond acceptors (Lipinski definition) is 3. The number of nitrogens with zero attached hydrogens (tertiary/aromatic N) is 4. The molecule has 0 fully saturated rings. The molecule has 5 aromatic rings. The van der Waals surface area contributed by atoms with E-state index in [1.54, 1.807) is 11.0 Å². The van der Waals surface area contributed by atoms with Crippen LogP contribution in [0.2, 0.25) is 0 Å². The molecule has 4 aromatic carbocycles. The molecule has 0 aliphatic heterocycles. The summed E-state index contributed by atoms with van der Waals surface area (Å²) < 4.78 is 1.65. The molecule has 128 valence electrons. The van der Waals surface area contributed by atoms with Gasteiger partial charge in [-0.05, 0) is 16.1 Å². The molecule has 4 nitrogen and oxygen atoms in total. The van der Waals surface area contributed by atoms with E-state index in [1.807, 2.05) is 12.1 Å².